The van der Waals surface area contributed by atoms with Gasteiger partial charge in [0.2, 0.25) is 0 Å². The average molecular weight is 207 g/mol. The molecule has 0 aromatic rings. The summed E-state index contributed by atoms with van der Waals surface area (Å²) < 4.78 is 0. The predicted octanol–water partition coefficient (Wildman–Crippen LogP) is 0.490. The van der Waals surface area contributed by atoms with E-state index < -0.39 is 5.97 Å². The van der Waals surface area contributed by atoms with Crippen LogP contribution in [0, 0.1) is 0 Å². The van der Waals surface area contributed by atoms with Gasteiger partial charge in [-0.2, -0.15) is 0 Å². The first kappa shape index (κ1) is 10.3. The molecule has 0 amide bonds. The second kappa shape index (κ2) is 6.27. The monoisotopic (exact) mass is 208 g/mol. The maximum Gasteiger partial charge on any atom is 0.303 e. The fraction of sp³-hybridized carbons (Fsp3) is 0.750. The fourth-order valence-electron chi connectivity index (χ4n) is 0.214. The quantitative estimate of drug-likeness (QED) is 0.668. The van der Waals surface area contributed by atoms with Gasteiger partial charge < -0.3 is 5.11 Å². The Kier molecular flexibility index (Phi) is 9.21. The number of hydrogen-bond donors (Lipinski definition) is 1. The van der Waals surface area contributed by atoms with Crippen LogP contribution in [-0.2, 0) is 4.79 Å². The van der Waals surface area contributed by atoms with Gasteiger partial charge in [0.15, 0.2) is 0 Å². The van der Waals surface area contributed by atoms with Crippen molar-refractivity contribution in [1.29, 1.82) is 0 Å². The Morgan fingerprint density at radius 3 is 2.14 bits per heavy atom. The van der Waals surface area contributed by atoms with Crippen LogP contribution in [0.3, 0.4) is 0 Å². The van der Waals surface area contributed by atoms with Crippen LogP contribution >= 0.6 is 0 Å². The number of carboxylic acids is 1. The molecule has 0 aliphatic carbocycles. The Bertz CT molecular complexity index is 53.7. The first-order valence-corrected chi connectivity index (χ1v) is 1.99. The standard InChI is InChI=1S/C4H8O2.Sn/c1-2-3-4(5)6;/h2-3H2,1H3,(H,5,6);. The number of carbonyl (C=O) groups is 1. The zero-order valence-electron chi connectivity index (χ0n) is 4.27. The van der Waals surface area contributed by atoms with Gasteiger partial charge in [0.1, 0.15) is 0 Å². The third-order valence-corrected chi connectivity index (χ3v) is 0.464. The van der Waals surface area contributed by atoms with Gasteiger partial charge in [-0.25, -0.2) is 0 Å². The van der Waals surface area contributed by atoms with Crippen LogP contribution in [-0.4, -0.2) is 35.0 Å². The zero-order valence-corrected chi connectivity index (χ0v) is 7.12. The van der Waals surface area contributed by atoms with E-state index in [1.54, 1.807) is 0 Å². The van der Waals surface area contributed by atoms with Crippen molar-refractivity contribution < 1.29 is 9.90 Å². The van der Waals surface area contributed by atoms with E-state index in [4.69, 9.17) is 5.11 Å². The fourth-order valence-corrected chi connectivity index (χ4v) is 0.214. The van der Waals surface area contributed by atoms with Crippen LogP contribution in [0.15, 0.2) is 0 Å². The minimum absolute atomic E-state index is 0. The first-order valence-electron chi connectivity index (χ1n) is 1.99. The minimum Gasteiger partial charge on any atom is -0.481 e. The van der Waals surface area contributed by atoms with E-state index in [0.29, 0.717) is 6.42 Å². The van der Waals surface area contributed by atoms with E-state index in [1.807, 2.05) is 6.92 Å². The Labute approximate surface area is 59.9 Å². The predicted molar refractivity (Wildman–Crippen MR) is 28.3 cm³/mol. The molecule has 0 aliphatic rings. The molecule has 0 saturated carbocycles. The summed E-state index contributed by atoms with van der Waals surface area (Å²) in [5.74, 6) is -0.711. The molecule has 2 nitrogen and oxygen atoms in total. The van der Waals surface area contributed by atoms with Crippen LogP contribution in [0.25, 0.3) is 0 Å². The number of carboxylic acid groups (broad SMARTS) is 1. The summed E-state index contributed by atoms with van der Waals surface area (Å²) in [5, 5.41) is 7.91. The molecule has 0 fully saturated rings. The zero-order chi connectivity index (χ0) is 4.99. The van der Waals surface area contributed by atoms with Gasteiger partial charge in [-0.15, -0.1) is 0 Å². The van der Waals surface area contributed by atoms with E-state index in [9.17, 15) is 4.79 Å². The molecule has 0 aliphatic heterocycles. The molecule has 0 spiro atoms. The summed E-state index contributed by atoms with van der Waals surface area (Å²) >= 11 is 0. The summed E-state index contributed by atoms with van der Waals surface area (Å²) in [6.45, 7) is 1.84. The molecule has 0 unspecified atom stereocenters. The molecule has 0 saturated heterocycles. The van der Waals surface area contributed by atoms with Crippen molar-refractivity contribution in [2.75, 3.05) is 0 Å². The molecule has 0 atom stereocenters. The van der Waals surface area contributed by atoms with Crippen LogP contribution in [0.1, 0.15) is 19.8 Å². The molecule has 0 heterocycles. The second-order valence-corrected chi connectivity index (χ2v) is 1.14. The Morgan fingerprint density at radius 2 is 2.14 bits per heavy atom. The van der Waals surface area contributed by atoms with Crippen molar-refractivity contribution in [3.05, 3.63) is 0 Å². The van der Waals surface area contributed by atoms with Crippen molar-refractivity contribution in [1.82, 2.24) is 0 Å². The topological polar surface area (TPSA) is 37.3 Å². The Morgan fingerprint density at radius 1 is 1.71 bits per heavy atom. The molecule has 1 N–H and O–H groups in total. The van der Waals surface area contributed by atoms with Gasteiger partial charge in [-0.1, -0.05) is 6.92 Å². The normalized spacial score (nSPS) is 7.00. The summed E-state index contributed by atoms with van der Waals surface area (Å²) in [6.07, 6.45) is 1.02. The largest absolute Gasteiger partial charge is 0.481 e. The number of hydrogen-bond acceptors (Lipinski definition) is 1. The minimum atomic E-state index is -0.711. The number of rotatable bonds is 2. The molecule has 0 aromatic heterocycles. The molecular formula is C4H8O2Sn. The average Bonchev–Trinajstić information content (AvgIpc) is 1.35. The molecular weight excluding hydrogens is 199 g/mol. The first-order chi connectivity index (χ1) is 2.77. The third kappa shape index (κ3) is 10.7. The van der Waals surface area contributed by atoms with Crippen LogP contribution < -0.4 is 0 Å². The molecule has 4 radical (unpaired) electrons. The maximum atomic E-state index is 9.60. The van der Waals surface area contributed by atoms with E-state index in [1.165, 1.54) is 0 Å². The van der Waals surface area contributed by atoms with Crippen molar-refractivity contribution in [3.8, 4) is 0 Å². The van der Waals surface area contributed by atoms with Gasteiger partial charge in [-0.05, 0) is 6.42 Å². The van der Waals surface area contributed by atoms with E-state index in [-0.39, 0.29) is 23.9 Å². The van der Waals surface area contributed by atoms with Gasteiger partial charge in [0.05, 0.1) is 0 Å². The SMILES string of the molecule is CCCC(=O)O.[Sn]. The summed E-state index contributed by atoms with van der Waals surface area (Å²) in [6, 6.07) is 0. The van der Waals surface area contributed by atoms with Crippen molar-refractivity contribution in [3.63, 3.8) is 0 Å². The van der Waals surface area contributed by atoms with E-state index in [2.05, 4.69) is 0 Å². The molecule has 3 heteroatoms. The van der Waals surface area contributed by atoms with Crippen LogP contribution in [0.2, 0.25) is 0 Å². The smallest absolute Gasteiger partial charge is 0.303 e. The van der Waals surface area contributed by atoms with E-state index >= 15 is 0 Å². The molecule has 40 valence electrons. The Hall–Kier alpha value is 0.269. The summed E-state index contributed by atoms with van der Waals surface area (Å²) in [4.78, 5) is 9.60. The maximum absolute atomic E-state index is 9.60. The van der Waals surface area contributed by atoms with E-state index in [0.717, 1.165) is 6.42 Å². The molecule has 7 heavy (non-hydrogen) atoms. The molecule has 0 aromatic carbocycles. The Balaban J connectivity index is 0. The second-order valence-electron chi connectivity index (χ2n) is 1.14. The van der Waals surface area contributed by atoms with Crippen molar-refractivity contribution >= 4 is 29.9 Å². The summed E-state index contributed by atoms with van der Waals surface area (Å²) in [5.41, 5.74) is 0. The van der Waals surface area contributed by atoms with Crippen molar-refractivity contribution in [2.24, 2.45) is 0 Å². The third-order valence-electron chi connectivity index (χ3n) is 0.464. The van der Waals surface area contributed by atoms with Gasteiger partial charge >= 0.3 is 5.97 Å². The van der Waals surface area contributed by atoms with Crippen molar-refractivity contribution in [2.45, 2.75) is 19.8 Å². The van der Waals surface area contributed by atoms with Gasteiger partial charge in [0, 0.05) is 30.3 Å². The van der Waals surface area contributed by atoms with Crippen LogP contribution in [0.5, 0.6) is 0 Å². The molecule has 0 rings (SSSR count). The van der Waals surface area contributed by atoms with Gasteiger partial charge in [0.25, 0.3) is 0 Å². The van der Waals surface area contributed by atoms with Crippen LogP contribution in [0.4, 0.5) is 0 Å². The van der Waals surface area contributed by atoms with Gasteiger partial charge in [-0.3, -0.25) is 4.79 Å². The number of aliphatic carboxylic acids is 1. The summed E-state index contributed by atoms with van der Waals surface area (Å²) in [7, 11) is 0. The molecule has 0 bridgehead atoms.